The van der Waals surface area contributed by atoms with Crippen molar-refractivity contribution in [3.05, 3.63) is 193 Å². The molecule has 0 bridgehead atoms. The van der Waals surface area contributed by atoms with Gasteiger partial charge in [0.15, 0.2) is 7.14 Å². The summed E-state index contributed by atoms with van der Waals surface area (Å²) in [5.74, 6) is 0. The molecule has 3 heteroatoms. The predicted molar refractivity (Wildman–Crippen MR) is 202 cm³/mol. The van der Waals surface area contributed by atoms with Crippen LogP contribution in [0.15, 0.2) is 188 Å². The molecular weight excluding hydrogens is 589 g/mol. The average Bonchev–Trinajstić information content (AvgIpc) is 3.15. The monoisotopic (exact) mass is 623 g/mol. The molecule has 0 aliphatic heterocycles. The van der Waals surface area contributed by atoms with Crippen molar-refractivity contribution in [1.82, 2.24) is 4.98 Å². The van der Waals surface area contributed by atoms with E-state index in [1.54, 1.807) is 0 Å². The normalized spacial score (nSPS) is 12.4. The van der Waals surface area contributed by atoms with Crippen molar-refractivity contribution in [3.8, 4) is 22.4 Å². The molecule has 0 saturated heterocycles. The lowest BCUT2D eigenvalue weighted by molar-refractivity contribution is 0.590. The zero-order valence-electron chi connectivity index (χ0n) is 26.3. The third kappa shape index (κ3) is 5.58. The van der Waals surface area contributed by atoms with Crippen LogP contribution in [-0.2, 0) is 4.57 Å². The molecule has 226 valence electrons. The Morgan fingerprint density at radius 3 is 1.72 bits per heavy atom. The number of benzene rings is 6. The fraction of sp³-hybridized carbons (Fsp3) is 0.0227. The van der Waals surface area contributed by atoms with Crippen LogP contribution in [0.25, 0.3) is 49.6 Å². The van der Waals surface area contributed by atoms with E-state index < -0.39 is 7.14 Å². The fourth-order valence-corrected chi connectivity index (χ4v) is 8.98. The maximum atomic E-state index is 15.0. The lowest BCUT2D eigenvalue weighted by atomic mass is 9.91. The van der Waals surface area contributed by atoms with Gasteiger partial charge in [0.1, 0.15) is 0 Å². The van der Waals surface area contributed by atoms with Gasteiger partial charge in [-0.05, 0) is 28.9 Å². The second kappa shape index (κ2) is 13.0. The van der Waals surface area contributed by atoms with Gasteiger partial charge < -0.3 is 4.57 Å². The van der Waals surface area contributed by atoms with Crippen LogP contribution in [0.1, 0.15) is 12.5 Å². The summed E-state index contributed by atoms with van der Waals surface area (Å²) in [6, 6.07) is 53.3. The summed E-state index contributed by atoms with van der Waals surface area (Å²) in [6.07, 6.45) is 5.89. The summed E-state index contributed by atoms with van der Waals surface area (Å²) in [5, 5.41) is 5.76. The number of aromatic nitrogens is 1. The predicted octanol–water partition coefficient (Wildman–Crippen LogP) is 11.2. The zero-order chi connectivity index (χ0) is 32.2. The molecule has 1 heterocycles. The van der Waals surface area contributed by atoms with Gasteiger partial charge in [0.2, 0.25) is 0 Å². The van der Waals surface area contributed by atoms with Crippen molar-refractivity contribution in [2.75, 3.05) is 0 Å². The van der Waals surface area contributed by atoms with Gasteiger partial charge in [-0.2, -0.15) is 0 Å². The maximum Gasteiger partial charge on any atom is 0.166 e. The van der Waals surface area contributed by atoms with Crippen LogP contribution in [0, 0.1) is 0 Å². The van der Waals surface area contributed by atoms with E-state index in [9.17, 15) is 4.57 Å². The number of allylic oxidation sites excluding steroid dienone is 5. The smallest absolute Gasteiger partial charge is 0.166 e. The molecule has 0 fully saturated rings. The van der Waals surface area contributed by atoms with E-state index in [1.165, 1.54) is 0 Å². The molecule has 2 nitrogen and oxygen atoms in total. The molecule has 0 radical (unpaired) electrons. The Labute approximate surface area is 276 Å². The third-order valence-corrected chi connectivity index (χ3v) is 11.9. The van der Waals surface area contributed by atoms with E-state index in [0.717, 1.165) is 71.1 Å². The Morgan fingerprint density at radius 2 is 1.13 bits per heavy atom. The number of pyridine rings is 1. The molecule has 0 aliphatic rings. The summed E-state index contributed by atoms with van der Waals surface area (Å²) >= 11 is 0. The van der Waals surface area contributed by atoms with Gasteiger partial charge in [-0.25, -0.2) is 4.98 Å². The summed E-state index contributed by atoms with van der Waals surface area (Å²) in [5.41, 5.74) is 7.09. The van der Waals surface area contributed by atoms with E-state index in [-0.39, 0.29) is 0 Å². The minimum absolute atomic E-state index is 0.796. The van der Waals surface area contributed by atoms with Crippen molar-refractivity contribution in [1.29, 1.82) is 0 Å². The summed E-state index contributed by atoms with van der Waals surface area (Å²) in [7, 11) is -3.08. The first-order chi connectivity index (χ1) is 23.1. The Morgan fingerprint density at radius 1 is 0.596 bits per heavy atom. The summed E-state index contributed by atoms with van der Waals surface area (Å²) < 4.78 is 15.0. The third-order valence-electron chi connectivity index (χ3n) is 8.75. The SMILES string of the molecule is C=C/C(=C\C=C(/C)P(=O)(c1ccccc1)c1ccccc1)c1cccc2c1nc(-c1ccccc1)c1cccc(-c3ccccc3)c12. The van der Waals surface area contributed by atoms with Gasteiger partial charge in [-0.1, -0.05) is 183 Å². The van der Waals surface area contributed by atoms with E-state index >= 15 is 0 Å². The van der Waals surface area contributed by atoms with Gasteiger partial charge in [0.05, 0.1) is 11.2 Å². The molecule has 1 aromatic heterocycles. The van der Waals surface area contributed by atoms with Gasteiger partial charge in [-0.15, -0.1) is 0 Å². The van der Waals surface area contributed by atoms with Crippen LogP contribution in [0.3, 0.4) is 0 Å². The summed E-state index contributed by atoms with van der Waals surface area (Å²) in [6.45, 7) is 6.18. The number of hydrogen-bond acceptors (Lipinski definition) is 2. The standard InChI is InChI=1S/C44H34NOP/c1-3-33(31-30-32(2)47(46,36-22-12-6-13-23-36)37-24-14-7-15-25-37)39-27-17-29-41-42-38(34-18-8-4-9-19-34)26-16-28-40(42)43(45-44(39)41)35-20-10-5-11-21-35/h3-31H,1H2,2H3/b32-30+,33-31+. The first-order valence-electron chi connectivity index (χ1n) is 15.8. The van der Waals surface area contributed by atoms with Gasteiger partial charge >= 0.3 is 0 Å². The Kier molecular flexibility index (Phi) is 8.36. The molecule has 0 amide bonds. The number of para-hydroxylation sites is 1. The van der Waals surface area contributed by atoms with Crippen LogP contribution in [0.4, 0.5) is 0 Å². The highest BCUT2D eigenvalue weighted by Gasteiger charge is 2.29. The van der Waals surface area contributed by atoms with Crippen molar-refractivity contribution < 1.29 is 4.57 Å². The molecule has 0 saturated carbocycles. The molecule has 47 heavy (non-hydrogen) atoms. The van der Waals surface area contributed by atoms with Gasteiger partial charge in [0.25, 0.3) is 0 Å². The number of fused-ring (bicyclic) bond motifs is 3. The molecule has 7 aromatic rings. The minimum atomic E-state index is -3.08. The molecule has 0 unspecified atom stereocenters. The number of nitrogens with zero attached hydrogens (tertiary/aromatic N) is 1. The van der Waals surface area contributed by atoms with Crippen molar-refractivity contribution in [3.63, 3.8) is 0 Å². The van der Waals surface area contributed by atoms with Crippen LogP contribution < -0.4 is 10.6 Å². The lowest BCUT2D eigenvalue weighted by Crippen LogP contribution is -2.16. The highest BCUT2D eigenvalue weighted by molar-refractivity contribution is 7.82. The quantitative estimate of drug-likeness (QED) is 0.0958. The molecule has 0 atom stereocenters. The molecule has 0 aliphatic carbocycles. The Bertz CT molecular complexity index is 2280. The maximum absolute atomic E-state index is 15.0. The minimum Gasteiger partial charge on any atom is -0.309 e. The Hall–Kier alpha value is -5.56. The van der Waals surface area contributed by atoms with Gasteiger partial charge in [-0.3, -0.25) is 0 Å². The first-order valence-corrected chi connectivity index (χ1v) is 17.5. The fourth-order valence-electron chi connectivity index (χ4n) is 6.40. The topological polar surface area (TPSA) is 30.0 Å². The van der Waals surface area contributed by atoms with Crippen molar-refractivity contribution in [2.45, 2.75) is 6.92 Å². The number of rotatable bonds is 8. The Balaban J connectivity index is 1.47. The molecule has 6 aromatic carbocycles. The van der Waals surface area contributed by atoms with Crippen molar-refractivity contribution >= 4 is 45.0 Å². The van der Waals surface area contributed by atoms with Crippen LogP contribution in [-0.4, -0.2) is 4.98 Å². The highest BCUT2D eigenvalue weighted by atomic mass is 31.2. The van der Waals surface area contributed by atoms with Crippen LogP contribution in [0.5, 0.6) is 0 Å². The van der Waals surface area contributed by atoms with E-state index in [4.69, 9.17) is 4.98 Å². The molecule has 0 spiro atoms. The van der Waals surface area contributed by atoms with Gasteiger partial charge in [0, 0.05) is 37.9 Å². The first kappa shape index (κ1) is 30.1. The van der Waals surface area contributed by atoms with Crippen molar-refractivity contribution in [2.24, 2.45) is 0 Å². The van der Waals surface area contributed by atoms with E-state index in [2.05, 4.69) is 91.5 Å². The largest absolute Gasteiger partial charge is 0.309 e. The summed E-state index contributed by atoms with van der Waals surface area (Å²) in [4.78, 5) is 5.38. The lowest BCUT2D eigenvalue weighted by Gasteiger charge is -2.20. The van der Waals surface area contributed by atoms with Crippen LogP contribution >= 0.6 is 7.14 Å². The zero-order valence-corrected chi connectivity index (χ0v) is 27.1. The average molecular weight is 624 g/mol. The molecule has 0 N–H and O–H groups in total. The molecule has 7 rings (SSSR count). The van der Waals surface area contributed by atoms with Crippen LogP contribution in [0.2, 0.25) is 0 Å². The highest BCUT2D eigenvalue weighted by Crippen LogP contribution is 2.51. The second-order valence-corrected chi connectivity index (χ2v) is 14.5. The number of hydrogen-bond donors (Lipinski definition) is 0. The molecular formula is C44H34NOP. The van der Waals surface area contributed by atoms with E-state index in [0.29, 0.717) is 0 Å². The second-order valence-electron chi connectivity index (χ2n) is 11.5. The van der Waals surface area contributed by atoms with E-state index in [1.807, 2.05) is 97.9 Å².